The van der Waals surface area contributed by atoms with E-state index in [9.17, 15) is 5.21 Å². The highest BCUT2D eigenvalue weighted by Crippen LogP contribution is 2.40. The number of rotatable bonds is 0. The summed E-state index contributed by atoms with van der Waals surface area (Å²) in [5.74, 6) is 0.803. The van der Waals surface area contributed by atoms with Crippen LogP contribution in [-0.2, 0) is 0 Å². The van der Waals surface area contributed by atoms with E-state index in [1.54, 1.807) is 0 Å². The van der Waals surface area contributed by atoms with Crippen molar-refractivity contribution in [1.82, 2.24) is 5.06 Å². The topological polar surface area (TPSA) is 26.3 Å². The Balaban J connectivity index is 1.99. The van der Waals surface area contributed by atoms with E-state index in [4.69, 9.17) is 0 Å². The van der Waals surface area contributed by atoms with Crippen LogP contribution in [0.15, 0.2) is 0 Å². The van der Waals surface area contributed by atoms with Crippen LogP contribution >= 0.6 is 0 Å². The Labute approximate surface area is 42.7 Å². The monoisotopic (exact) mass is 98.1 g/mol. The summed E-state index contributed by atoms with van der Waals surface area (Å²) >= 11 is 0. The standard InChI is InChI=1S/C5H8NO/c7-6-3-4-1-2-5(4)6/h4-5H,1-3H2/q-1. The lowest BCUT2D eigenvalue weighted by molar-refractivity contribution is -0.0205. The SMILES string of the molecule is [O-]N1CC2CCC21. The third-order valence-corrected chi connectivity index (χ3v) is 2.16. The van der Waals surface area contributed by atoms with Gasteiger partial charge in [-0.1, -0.05) is 0 Å². The van der Waals surface area contributed by atoms with Crippen LogP contribution in [0.1, 0.15) is 12.8 Å². The molecule has 1 aliphatic carbocycles. The summed E-state index contributed by atoms with van der Waals surface area (Å²) in [6.45, 7) is 0.824. The summed E-state index contributed by atoms with van der Waals surface area (Å²) in [6, 6.07) is 0.458. The molecule has 1 heterocycles. The van der Waals surface area contributed by atoms with Crippen molar-refractivity contribution in [2.45, 2.75) is 18.9 Å². The smallest absolute Gasteiger partial charge is 0.00148 e. The minimum atomic E-state index is 0.458. The molecule has 2 fully saturated rings. The maximum Gasteiger partial charge on any atom is 0.00148 e. The highest BCUT2D eigenvalue weighted by Gasteiger charge is 2.39. The van der Waals surface area contributed by atoms with Crippen molar-refractivity contribution in [3.63, 3.8) is 0 Å². The van der Waals surface area contributed by atoms with Gasteiger partial charge in [-0.05, 0) is 25.3 Å². The molecule has 1 aliphatic heterocycles. The average molecular weight is 98.1 g/mol. The molecule has 40 valence electrons. The van der Waals surface area contributed by atoms with E-state index in [1.165, 1.54) is 11.5 Å². The maximum absolute atomic E-state index is 10.4. The van der Waals surface area contributed by atoms with Gasteiger partial charge in [-0.2, -0.15) is 0 Å². The third-order valence-electron chi connectivity index (χ3n) is 2.16. The van der Waals surface area contributed by atoms with Gasteiger partial charge in [0.25, 0.3) is 0 Å². The molecule has 1 saturated heterocycles. The van der Waals surface area contributed by atoms with Crippen molar-refractivity contribution in [2.75, 3.05) is 6.54 Å². The van der Waals surface area contributed by atoms with E-state index in [1.807, 2.05) is 0 Å². The number of piperidine rings is 1. The van der Waals surface area contributed by atoms with Gasteiger partial charge < -0.3 is 10.3 Å². The summed E-state index contributed by atoms with van der Waals surface area (Å²) < 4.78 is 0. The second-order valence-corrected chi connectivity index (χ2v) is 2.50. The number of hydrogen-bond acceptors (Lipinski definition) is 2. The summed E-state index contributed by atoms with van der Waals surface area (Å²) in [5.41, 5.74) is 0. The van der Waals surface area contributed by atoms with Crippen LogP contribution in [0.4, 0.5) is 0 Å². The predicted octanol–water partition coefficient (Wildman–Crippen LogP) is 0.578. The van der Waals surface area contributed by atoms with Gasteiger partial charge in [0.2, 0.25) is 0 Å². The molecule has 0 N–H and O–H groups in total. The molecule has 2 heteroatoms. The zero-order valence-electron chi connectivity index (χ0n) is 4.13. The zero-order valence-corrected chi connectivity index (χ0v) is 4.13. The number of nitrogens with zero attached hydrogens (tertiary/aromatic N) is 1. The highest BCUT2D eigenvalue weighted by molar-refractivity contribution is 4.99. The van der Waals surface area contributed by atoms with Crippen LogP contribution in [0.25, 0.3) is 0 Å². The van der Waals surface area contributed by atoms with Crippen molar-refractivity contribution < 1.29 is 0 Å². The third kappa shape index (κ3) is 0.318. The largest absolute Gasteiger partial charge is 0.785 e. The first-order valence-corrected chi connectivity index (χ1v) is 2.82. The Morgan fingerprint density at radius 2 is 2.29 bits per heavy atom. The first kappa shape index (κ1) is 3.87. The fourth-order valence-corrected chi connectivity index (χ4v) is 1.37. The average Bonchev–Trinajstić information content (AvgIpc) is 1.59. The quantitative estimate of drug-likeness (QED) is 0.443. The van der Waals surface area contributed by atoms with E-state index >= 15 is 0 Å². The van der Waals surface area contributed by atoms with E-state index in [-0.39, 0.29) is 0 Å². The second kappa shape index (κ2) is 1.01. The van der Waals surface area contributed by atoms with Crippen molar-refractivity contribution in [2.24, 2.45) is 5.92 Å². The minimum Gasteiger partial charge on any atom is -0.785 e. The molecular formula is C5H8NO-. The van der Waals surface area contributed by atoms with Gasteiger partial charge in [0.15, 0.2) is 0 Å². The Bertz CT molecular complexity index is 90.1. The van der Waals surface area contributed by atoms with E-state index in [2.05, 4.69) is 0 Å². The van der Waals surface area contributed by atoms with Gasteiger partial charge in [-0.3, -0.25) is 0 Å². The van der Waals surface area contributed by atoms with Gasteiger partial charge >= 0.3 is 0 Å². The summed E-state index contributed by atoms with van der Waals surface area (Å²) in [6.07, 6.45) is 2.47. The van der Waals surface area contributed by atoms with Gasteiger partial charge in [-0.25, -0.2) is 0 Å². The van der Waals surface area contributed by atoms with E-state index in [0.29, 0.717) is 6.04 Å². The molecule has 7 heavy (non-hydrogen) atoms. The molecule has 2 nitrogen and oxygen atoms in total. The molecular weight excluding hydrogens is 90.1 g/mol. The van der Waals surface area contributed by atoms with Crippen molar-refractivity contribution in [3.05, 3.63) is 5.21 Å². The fourth-order valence-electron chi connectivity index (χ4n) is 1.37. The summed E-state index contributed by atoms with van der Waals surface area (Å²) in [4.78, 5) is 0. The molecule has 0 amide bonds. The van der Waals surface area contributed by atoms with Crippen LogP contribution in [-0.4, -0.2) is 17.6 Å². The van der Waals surface area contributed by atoms with Crippen LogP contribution in [0.3, 0.4) is 0 Å². The Hall–Kier alpha value is -0.0800. The van der Waals surface area contributed by atoms with Crippen LogP contribution < -0.4 is 0 Å². The van der Waals surface area contributed by atoms with Crippen molar-refractivity contribution in [1.29, 1.82) is 0 Å². The second-order valence-electron chi connectivity index (χ2n) is 2.50. The summed E-state index contributed by atoms with van der Waals surface area (Å²) in [7, 11) is 0. The van der Waals surface area contributed by atoms with E-state index in [0.717, 1.165) is 18.9 Å². The van der Waals surface area contributed by atoms with Gasteiger partial charge in [0, 0.05) is 6.04 Å². The first-order valence-electron chi connectivity index (χ1n) is 2.82. The maximum atomic E-state index is 10.4. The molecule has 2 unspecified atom stereocenters. The lowest BCUT2D eigenvalue weighted by atomic mass is 9.73. The molecule has 2 rings (SSSR count). The molecule has 2 atom stereocenters. The van der Waals surface area contributed by atoms with Crippen LogP contribution in [0, 0.1) is 11.1 Å². The lowest BCUT2D eigenvalue weighted by Crippen LogP contribution is -2.59. The molecule has 0 radical (unpaired) electrons. The van der Waals surface area contributed by atoms with E-state index < -0.39 is 0 Å². The fraction of sp³-hybridized carbons (Fsp3) is 1.00. The van der Waals surface area contributed by atoms with Gasteiger partial charge in [0.05, 0.1) is 0 Å². The van der Waals surface area contributed by atoms with Crippen LogP contribution in [0.2, 0.25) is 0 Å². The van der Waals surface area contributed by atoms with Crippen molar-refractivity contribution in [3.8, 4) is 0 Å². The van der Waals surface area contributed by atoms with Crippen molar-refractivity contribution >= 4 is 0 Å². The molecule has 2 aliphatic rings. The predicted molar refractivity (Wildman–Crippen MR) is 26.6 cm³/mol. The van der Waals surface area contributed by atoms with Gasteiger partial charge in [0.1, 0.15) is 0 Å². The number of hydrogen-bond donors (Lipinski definition) is 0. The molecule has 0 aromatic carbocycles. The minimum absolute atomic E-state index is 0.458. The number of fused-ring (bicyclic) bond motifs is 1. The Morgan fingerprint density at radius 3 is 2.29 bits per heavy atom. The Morgan fingerprint density at radius 1 is 1.43 bits per heavy atom. The lowest BCUT2D eigenvalue weighted by Gasteiger charge is -2.60. The number of hydroxylamine groups is 2. The molecule has 0 spiro atoms. The molecule has 0 aromatic heterocycles. The van der Waals surface area contributed by atoms with Gasteiger partial charge in [-0.15, -0.1) is 0 Å². The summed E-state index contributed by atoms with van der Waals surface area (Å²) in [5, 5.41) is 11.6. The first-order chi connectivity index (χ1) is 3.38. The molecule has 0 bridgehead atoms. The highest BCUT2D eigenvalue weighted by atomic mass is 16.5. The Kier molecular flexibility index (Phi) is 0.557. The van der Waals surface area contributed by atoms with Crippen LogP contribution in [0.5, 0.6) is 0 Å². The zero-order chi connectivity index (χ0) is 4.85. The molecule has 0 aromatic rings. The molecule has 1 saturated carbocycles. The normalized spacial score (nSPS) is 49.3.